The molecule has 1 aliphatic heterocycles. The summed E-state index contributed by atoms with van der Waals surface area (Å²) in [5, 5.41) is 4.02. The van der Waals surface area contributed by atoms with E-state index in [0.29, 0.717) is 5.16 Å². The number of nitrogen functional groups attached to an aromatic ring is 1. The van der Waals surface area contributed by atoms with E-state index < -0.39 is 0 Å². The Morgan fingerprint density at radius 2 is 1.85 bits per heavy atom. The zero-order valence-corrected chi connectivity index (χ0v) is 15.7. The fourth-order valence-electron chi connectivity index (χ4n) is 2.87. The van der Waals surface area contributed by atoms with E-state index in [9.17, 15) is 0 Å². The normalized spacial score (nSPS) is 14.1. The monoisotopic (exact) mass is 379 g/mol. The lowest BCUT2D eigenvalue weighted by atomic mass is 10.2. The zero-order chi connectivity index (χ0) is 18.5. The lowest BCUT2D eigenvalue weighted by molar-refractivity contribution is 0.122. The predicted octanol–water partition coefficient (Wildman–Crippen LogP) is 3.79. The Bertz CT molecular complexity index is 897. The van der Waals surface area contributed by atoms with Gasteiger partial charge in [-0.2, -0.15) is 0 Å². The van der Waals surface area contributed by atoms with Gasteiger partial charge in [-0.05, 0) is 60.3 Å². The summed E-state index contributed by atoms with van der Waals surface area (Å²) >= 11 is 1.49. The molecule has 7 heteroatoms. The van der Waals surface area contributed by atoms with E-state index in [2.05, 4.69) is 44.5 Å². The molecule has 0 saturated carbocycles. The van der Waals surface area contributed by atoms with Crippen molar-refractivity contribution < 1.29 is 4.74 Å². The number of morpholine rings is 1. The molecular formula is C20H21N5OS. The van der Waals surface area contributed by atoms with E-state index in [0.717, 1.165) is 48.4 Å². The molecule has 1 fully saturated rings. The molecule has 4 rings (SSSR count). The van der Waals surface area contributed by atoms with Crippen molar-refractivity contribution in [2.45, 2.75) is 10.1 Å². The molecule has 1 aliphatic rings. The third-order valence-corrected chi connectivity index (χ3v) is 5.09. The molecule has 1 saturated heterocycles. The van der Waals surface area contributed by atoms with Crippen LogP contribution in [0.2, 0.25) is 0 Å². The molecule has 0 aliphatic carbocycles. The first-order valence-corrected chi connectivity index (χ1v) is 9.64. The number of benzene rings is 2. The van der Waals surface area contributed by atoms with Gasteiger partial charge in [0.1, 0.15) is 5.82 Å². The van der Waals surface area contributed by atoms with Crippen LogP contribution in [0.5, 0.6) is 0 Å². The van der Waals surface area contributed by atoms with Crippen LogP contribution in [-0.2, 0) is 4.74 Å². The van der Waals surface area contributed by atoms with E-state index in [1.54, 1.807) is 6.20 Å². The number of ether oxygens (including phenoxy) is 1. The topological polar surface area (TPSA) is 76.3 Å². The van der Waals surface area contributed by atoms with Crippen LogP contribution in [0.25, 0.3) is 0 Å². The van der Waals surface area contributed by atoms with Crippen LogP contribution in [0.15, 0.2) is 70.8 Å². The van der Waals surface area contributed by atoms with Gasteiger partial charge in [-0.1, -0.05) is 6.07 Å². The number of nitrogens with one attached hydrogen (secondary N) is 1. The van der Waals surface area contributed by atoms with Crippen molar-refractivity contribution in [3.8, 4) is 0 Å². The van der Waals surface area contributed by atoms with E-state index in [-0.39, 0.29) is 0 Å². The van der Waals surface area contributed by atoms with Gasteiger partial charge in [0.15, 0.2) is 5.16 Å². The molecule has 138 valence electrons. The first-order valence-electron chi connectivity index (χ1n) is 8.82. The minimum absolute atomic E-state index is 0.676. The first kappa shape index (κ1) is 17.6. The number of rotatable bonds is 5. The maximum atomic E-state index is 5.83. The summed E-state index contributed by atoms with van der Waals surface area (Å²) in [6, 6.07) is 17.9. The average Bonchev–Trinajstić information content (AvgIpc) is 2.70. The van der Waals surface area contributed by atoms with E-state index in [1.165, 1.54) is 17.4 Å². The summed E-state index contributed by atoms with van der Waals surface area (Å²) in [4.78, 5) is 12.3. The average molecular weight is 379 g/mol. The molecule has 0 radical (unpaired) electrons. The van der Waals surface area contributed by atoms with Crippen molar-refractivity contribution in [2.75, 3.05) is 42.3 Å². The Labute approximate surface area is 162 Å². The van der Waals surface area contributed by atoms with Gasteiger partial charge in [0, 0.05) is 41.2 Å². The van der Waals surface area contributed by atoms with Gasteiger partial charge >= 0.3 is 0 Å². The van der Waals surface area contributed by atoms with E-state index in [4.69, 9.17) is 10.5 Å². The third-order valence-electron chi connectivity index (χ3n) is 4.22. The second-order valence-corrected chi connectivity index (χ2v) is 7.21. The minimum Gasteiger partial charge on any atom is -0.399 e. The first-order chi connectivity index (χ1) is 13.3. The van der Waals surface area contributed by atoms with Crippen molar-refractivity contribution in [2.24, 2.45) is 0 Å². The standard InChI is InChI=1S/C20H21N5OS/c21-15-2-1-3-18(14-15)27-20-22-9-8-19(24-20)23-16-4-6-17(7-5-16)25-10-12-26-13-11-25/h1-9,14H,10-13,21H2,(H,22,23,24). The quantitative estimate of drug-likeness (QED) is 0.516. The zero-order valence-electron chi connectivity index (χ0n) is 14.8. The summed E-state index contributed by atoms with van der Waals surface area (Å²) in [5.41, 5.74) is 8.77. The molecule has 3 aromatic rings. The molecule has 0 amide bonds. The van der Waals surface area contributed by atoms with Crippen LogP contribution in [0.4, 0.5) is 22.9 Å². The van der Waals surface area contributed by atoms with E-state index in [1.807, 2.05) is 30.3 Å². The molecule has 3 N–H and O–H groups in total. The van der Waals surface area contributed by atoms with Crippen molar-refractivity contribution >= 4 is 34.6 Å². The van der Waals surface area contributed by atoms with Gasteiger partial charge in [0.25, 0.3) is 0 Å². The highest BCUT2D eigenvalue weighted by Crippen LogP contribution is 2.27. The predicted molar refractivity (Wildman–Crippen MR) is 110 cm³/mol. The van der Waals surface area contributed by atoms with Crippen molar-refractivity contribution in [3.05, 3.63) is 60.8 Å². The fraction of sp³-hybridized carbons (Fsp3) is 0.200. The highest BCUT2D eigenvalue weighted by molar-refractivity contribution is 7.99. The van der Waals surface area contributed by atoms with Gasteiger partial charge < -0.3 is 20.7 Å². The van der Waals surface area contributed by atoms with Gasteiger partial charge in [-0.25, -0.2) is 9.97 Å². The lowest BCUT2D eigenvalue weighted by Crippen LogP contribution is -2.36. The van der Waals surface area contributed by atoms with Gasteiger partial charge in [-0.3, -0.25) is 0 Å². The summed E-state index contributed by atoms with van der Waals surface area (Å²) in [7, 11) is 0. The maximum Gasteiger partial charge on any atom is 0.194 e. The number of aromatic nitrogens is 2. The highest BCUT2D eigenvalue weighted by atomic mass is 32.2. The van der Waals surface area contributed by atoms with Crippen molar-refractivity contribution in [3.63, 3.8) is 0 Å². The Kier molecular flexibility index (Phi) is 5.41. The van der Waals surface area contributed by atoms with Gasteiger partial charge in [0.2, 0.25) is 0 Å². The maximum absolute atomic E-state index is 5.83. The van der Waals surface area contributed by atoms with Crippen LogP contribution in [0.3, 0.4) is 0 Å². The largest absolute Gasteiger partial charge is 0.399 e. The molecule has 0 atom stereocenters. The number of anilines is 4. The number of nitrogens with zero attached hydrogens (tertiary/aromatic N) is 3. The summed E-state index contributed by atoms with van der Waals surface area (Å²) in [5.74, 6) is 0.760. The fourth-order valence-corrected chi connectivity index (χ4v) is 3.68. The lowest BCUT2D eigenvalue weighted by Gasteiger charge is -2.28. The van der Waals surface area contributed by atoms with E-state index >= 15 is 0 Å². The molecular weight excluding hydrogens is 358 g/mol. The number of nitrogens with two attached hydrogens (primary N) is 1. The molecule has 0 spiro atoms. The van der Waals surface area contributed by atoms with Crippen LogP contribution < -0.4 is 16.0 Å². The van der Waals surface area contributed by atoms with Crippen LogP contribution in [0.1, 0.15) is 0 Å². The molecule has 27 heavy (non-hydrogen) atoms. The second kappa shape index (κ2) is 8.28. The highest BCUT2D eigenvalue weighted by Gasteiger charge is 2.11. The number of hydrogen-bond donors (Lipinski definition) is 2. The summed E-state index contributed by atoms with van der Waals surface area (Å²) < 4.78 is 5.41. The third kappa shape index (κ3) is 4.69. The van der Waals surface area contributed by atoms with Crippen LogP contribution >= 0.6 is 11.8 Å². The SMILES string of the molecule is Nc1cccc(Sc2nccc(Nc3ccc(N4CCOCC4)cc3)n2)c1. The van der Waals surface area contributed by atoms with Gasteiger partial charge in [0.05, 0.1) is 13.2 Å². The number of hydrogen-bond acceptors (Lipinski definition) is 7. The molecule has 2 heterocycles. The van der Waals surface area contributed by atoms with Crippen LogP contribution in [0, 0.1) is 0 Å². The molecule has 2 aromatic carbocycles. The van der Waals surface area contributed by atoms with Crippen molar-refractivity contribution in [1.29, 1.82) is 0 Å². The molecule has 1 aromatic heterocycles. The second-order valence-electron chi connectivity index (χ2n) is 6.17. The Hall–Kier alpha value is -2.77. The smallest absolute Gasteiger partial charge is 0.194 e. The molecule has 6 nitrogen and oxygen atoms in total. The Morgan fingerprint density at radius 1 is 1.04 bits per heavy atom. The Morgan fingerprint density at radius 3 is 2.63 bits per heavy atom. The van der Waals surface area contributed by atoms with Gasteiger partial charge in [-0.15, -0.1) is 0 Å². The molecule has 0 bridgehead atoms. The minimum atomic E-state index is 0.676. The molecule has 0 unspecified atom stereocenters. The van der Waals surface area contributed by atoms with Crippen molar-refractivity contribution in [1.82, 2.24) is 9.97 Å². The Balaban J connectivity index is 1.43. The summed E-state index contributed by atoms with van der Waals surface area (Å²) in [6.45, 7) is 3.44. The van der Waals surface area contributed by atoms with Crippen LogP contribution in [-0.4, -0.2) is 36.3 Å². The summed E-state index contributed by atoms with van der Waals surface area (Å²) in [6.07, 6.45) is 1.76.